The zero-order valence-corrected chi connectivity index (χ0v) is 16.7. The van der Waals surface area contributed by atoms with Crippen LogP contribution in [0.5, 0.6) is 0 Å². The van der Waals surface area contributed by atoms with Crippen molar-refractivity contribution >= 4 is 28.5 Å². The quantitative estimate of drug-likeness (QED) is 0.597. The molecule has 0 saturated heterocycles. The van der Waals surface area contributed by atoms with E-state index in [9.17, 15) is 18.8 Å². The molecule has 1 heterocycles. The molecule has 0 aliphatic heterocycles. The molecule has 0 fully saturated rings. The Morgan fingerprint density at radius 3 is 2.53 bits per heavy atom. The van der Waals surface area contributed by atoms with Gasteiger partial charge in [0.05, 0.1) is 11.0 Å². The standard InChI is InChI=1S/C22H23FN4O3/c1-2-13-24-20(28)12-11-18-22(30)27(19-6-4-3-5-17(19)26-18)14-21(29)25-16-9-7-15(23)8-10-16/h3-10H,2,11-14H2,1H3,(H,24,28)(H,25,29). The van der Waals surface area contributed by atoms with Gasteiger partial charge in [0, 0.05) is 25.1 Å². The predicted octanol–water partition coefficient (Wildman–Crippen LogP) is 2.63. The van der Waals surface area contributed by atoms with Gasteiger partial charge in [0.2, 0.25) is 11.8 Å². The van der Waals surface area contributed by atoms with Crippen LogP contribution in [0.4, 0.5) is 10.1 Å². The lowest BCUT2D eigenvalue weighted by Crippen LogP contribution is -2.32. The molecule has 2 N–H and O–H groups in total. The maximum absolute atomic E-state index is 13.0. The molecule has 2 amide bonds. The number of para-hydroxylation sites is 2. The first-order valence-electron chi connectivity index (χ1n) is 9.78. The summed E-state index contributed by atoms with van der Waals surface area (Å²) in [6.45, 7) is 2.31. The Kier molecular flexibility index (Phi) is 6.90. The number of nitrogens with zero attached hydrogens (tertiary/aromatic N) is 2. The normalized spacial score (nSPS) is 10.7. The number of aryl methyl sites for hydroxylation is 1. The lowest BCUT2D eigenvalue weighted by atomic mass is 10.2. The van der Waals surface area contributed by atoms with Crippen LogP contribution in [-0.4, -0.2) is 27.9 Å². The largest absolute Gasteiger partial charge is 0.356 e. The fourth-order valence-corrected chi connectivity index (χ4v) is 3.03. The van der Waals surface area contributed by atoms with Gasteiger partial charge in [-0.1, -0.05) is 19.1 Å². The Balaban J connectivity index is 1.84. The van der Waals surface area contributed by atoms with Crippen LogP contribution in [0.25, 0.3) is 11.0 Å². The first kappa shape index (κ1) is 21.2. The molecule has 0 radical (unpaired) electrons. The van der Waals surface area contributed by atoms with Crippen molar-refractivity contribution < 1.29 is 14.0 Å². The lowest BCUT2D eigenvalue weighted by Gasteiger charge is -2.12. The molecule has 30 heavy (non-hydrogen) atoms. The summed E-state index contributed by atoms with van der Waals surface area (Å²) < 4.78 is 14.4. The van der Waals surface area contributed by atoms with Gasteiger partial charge in [-0.05, 0) is 42.8 Å². The third-order valence-electron chi connectivity index (χ3n) is 4.51. The van der Waals surface area contributed by atoms with E-state index < -0.39 is 17.3 Å². The van der Waals surface area contributed by atoms with E-state index in [2.05, 4.69) is 15.6 Å². The van der Waals surface area contributed by atoms with Crippen molar-refractivity contribution in [3.63, 3.8) is 0 Å². The number of carbonyl (C=O) groups excluding carboxylic acids is 2. The first-order chi connectivity index (χ1) is 14.5. The van der Waals surface area contributed by atoms with Crippen molar-refractivity contribution in [3.8, 4) is 0 Å². The molecule has 0 unspecified atom stereocenters. The minimum atomic E-state index is -0.424. The highest BCUT2D eigenvalue weighted by Crippen LogP contribution is 2.12. The molecule has 0 aliphatic carbocycles. The average Bonchev–Trinajstić information content (AvgIpc) is 2.74. The third-order valence-corrected chi connectivity index (χ3v) is 4.51. The summed E-state index contributed by atoms with van der Waals surface area (Å²) in [6.07, 6.45) is 1.15. The molecule has 0 spiro atoms. The van der Waals surface area contributed by atoms with Gasteiger partial charge in [0.15, 0.2) is 0 Å². The first-order valence-corrected chi connectivity index (χ1v) is 9.78. The summed E-state index contributed by atoms with van der Waals surface area (Å²) in [4.78, 5) is 41.8. The number of amides is 2. The maximum Gasteiger partial charge on any atom is 0.273 e. The van der Waals surface area contributed by atoms with Gasteiger partial charge in [-0.3, -0.25) is 19.0 Å². The van der Waals surface area contributed by atoms with Crippen LogP contribution in [0.1, 0.15) is 25.5 Å². The molecule has 0 saturated carbocycles. The minimum absolute atomic E-state index is 0.141. The monoisotopic (exact) mass is 410 g/mol. The topological polar surface area (TPSA) is 93.1 Å². The third kappa shape index (κ3) is 5.28. The van der Waals surface area contributed by atoms with Gasteiger partial charge in [-0.2, -0.15) is 0 Å². The molecule has 0 atom stereocenters. The molecule has 156 valence electrons. The zero-order valence-electron chi connectivity index (χ0n) is 16.7. The molecule has 2 aromatic carbocycles. The fraction of sp³-hybridized carbons (Fsp3) is 0.273. The number of anilines is 1. The van der Waals surface area contributed by atoms with E-state index in [1.807, 2.05) is 6.92 Å². The maximum atomic E-state index is 13.0. The number of nitrogens with one attached hydrogen (secondary N) is 2. The number of carbonyl (C=O) groups is 2. The number of halogens is 1. The van der Waals surface area contributed by atoms with Crippen LogP contribution < -0.4 is 16.2 Å². The lowest BCUT2D eigenvalue weighted by molar-refractivity contribution is -0.121. The summed E-state index contributed by atoms with van der Waals surface area (Å²) in [5.74, 6) is -0.976. The Labute approximate surface area is 172 Å². The second-order valence-electron chi connectivity index (χ2n) is 6.84. The highest BCUT2D eigenvalue weighted by atomic mass is 19.1. The Morgan fingerprint density at radius 1 is 1.07 bits per heavy atom. The van der Waals surface area contributed by atoms with Crippen molar-refractivity contribution in [2.45, 2.75) is 32.7 Å². The van der Waals surface area contributed by atoms with Gasteiger partial charge < -0.3 is 10.6 Å². The number of fused-ring (bicyclic) bond motifs is 1. The molecule has 3 rings (SSSR count). The number of rotatable bonds is 8. The number of aromatic nitrogens is 2. The SMILES string of the molecule is CCCNC(=O)CCc1nc2ccccc2n(CC(=O)Nc2ccc(F)cc2)c1=O. The summed E-state index contributed by atoms with van der Waals surface area (Å²) in [6, 6.07) is 12.4. The molecule has 7 nitrogen and oxygen atoms in total. The van der Waals surface area contributed by atoms with E-state index in [1.54, 1.807) is 24.3 Å². The Bertz CT molecular complexity index is 1110. The second-order valence-corrected chi connectivity index (χ2v) is 6.84. The van der Waals surface area contributed by atoms with Crippen molar-refractivity contribution in [1.82, 2.24) is 14.9 Å². The van der Waals surface area contributed by atoms with Gasteiger partial charge in [0.1, 0.15) is 18.1 Å². The average molecular weight is 410 g/mol. The zero-order chi connectivity index (χ0) is 21.5. The summed E-state index contributed by atoms with van der Waals surface area (Å²) in [5.41, 5.74) is 1.34. The highest BCUT2D eigenvalue weighted by Gasteiger charge is 2.15. The number of benzene rings is 2. The van der Waals surface area contributed by atoms with Gasteiger partial charge in [-0.15, -0.1) is 0 Å². The van der Waals surface area contributed by atoms with Gasteiger partial charge >= 0.3 is 0 Å². The van der Waals surface area contributed by atoms with Gasteiger partial charge in [0.25, 0.3) is 5.56 Å². The molecular weight excluding hydrogens is 387 g/mol. The molecule has 1 aromatic heterocycles. The van der Waals surface area contributed by atoms with Crippen molar-refractivity contribution in [2.24, 2.45) is 0 Å². The van der Waals surface area contributed by atoms with Crippen molar-refractivity contribution in [3.05, 3.63) is 70.4 Å². The molecule has 0 aliphatic rings. The van der Waals surface area contributed by atoms with Crippen LogP contribution in [-0.2, 0) is 22.6 Å². The van der Waals surface area contributed by atoms with E-state index in [0.717, 1.165) is 6.42 Å². The molecule has 3 aromatic rings. The van der Waals surface area contributed by atoms with Crippen LogP contribution in [0.2, 0.25) is 0 Å². The molecular formula is C22H23FN4O3. The minimum Gasteiger partial charge on any atom is -0.356 e. The number of hydrogen-bond donors (Lipinski definition) is 2. The summed E-state index contributed by atoms with van der Waals surface area (Å²) >= 11 is 0. The van der Waals surface area contributed by atoms with Crippen LogP contribution >= 0.6 is 0 Å². The predicted molar refractivity (Wildman–Crippen MR) is 113 cm³/mol. The Hall–Kier alpha value is -3.55. The summed E-state index contributed by atoms with van der Waals surface area (Å²) in [5, 5.41) is 5.42. The Morgan fingerprint density at radius 2 is 1.80 bits per heavy atom. The molecule has 8 heteroatoms. The van der Waals surface area contributed by atoms with Gasteiger partial charge in [-0.25, -0.2) is 9.37 Å². The van der Waals surface area contributed by atoms with Crippen LogP contribution in [0, 0.1) is 5.82 Å². The fourth-order valence-electron chi connectivity index (χ4n) is 3.03. The second kappa shape index (κ2) is 9.78. The highest BCUT2D eigenvalue weighted by molar-refractivity contribution is 5.91. The molecule has 0 bridgehead atoms. The number of hydrogen-bond acceptors (Lipinski definition) is 4. The van der Waals surface area contributed by atoms with E-state index in [-0.39, 0.29) is 31.0 Å². The summed E-state index contributed by atoms with van der Waals surface area (Å²) in [7, 11) is 0. The van der Waals surface area contributed by atoms with Crippen molar-refractivity contribution in [1.29, 1.82) is 0 Å². The van der Waals surface area contributed by atoms with E-state index in [0.29, 0.717) is 23.3 Å². The van der Waals surface area contributed by atoms with Crippen LogP contribution in [0.15, 0.2) is 53.3 Å². The van der Waals surface area contributed by atoms with Crippen LogP contribution in [0.3, 0.4) is 0 Å². The van der Waals surface area contributed by atoms with E-state index in [1.165, 1.54) is 28.8 Å². The van der Waals surface area contributed by atoms with Crippen molar-refractivity contribution in [2.75, 3.05) is 11.9 Å². The van der Waals surface area contributed by atoms with E-state index in [4.69, 9.17) is 0 Å². The van der Waals surface area contributed by atoms with E-state index >= 15 is 0 Å². The smallest absolute Gasteiger partial charge is 0.273 e.